The normalized spacial score (nSPS) is 11.2. The van der Waals surface area contributed by atoms with E-state index < -0.39 is 0 Å². The van der Waals surface area contributed by atoms with Gasteiger partial charge in [-0.2, -0.15) is 0 Å². The minimum Gasteiger partial charge on any atom is -0.508 e. The third-order valence-electron chi connectivity index (χ3n) is 3.18. The van der Waals surface area contributed by atoms with Crippen LogP contribution < -0.4 is 4.74 Å². The first-order valence-corrected chi connectivity index (χ1v) is 9.45. The molecular formula is C18H28Cl2O5. The molecule has 0 heterocycles. The molecule has 1 N–H and O–H groups in total. The smallest absolute Gasteiger partial charge is 0.180 e. The molecule has 0 aliphatic rings. The zero-order chi connectivity index (χ0) is 18.5. The van der Waals surface area contributed by atoms with E-state index in [0.717, 1.165) is 25.7 Å². The highest BCUT2D eigenvalue weighted by atomic mass is 35.5. The van der Waals surface area contributed by atoms with Gasteiger partial charge >= 0.3 is 0 Å². The summed E-state index contributed by atoms with van der Waals surface area (Å²) in [6.45, 7) is 6.95. The molecule has 0 fully saturated rings. The van der Waals surface area contributed by atoms with Gasteiger partial charge in [0.25, 0.3) is 0 Å². The van der Waals surface area contributed by atoms with Crippen LogP contribution >= 0.6 is 23.2 Å². The molecule has 0 radical (unpaired) electrons. The number of ether oxygens (including phenoxy) is 4. The predicted molar refractivity (Wildman–Crippen MR) is 99.9 cm³/mol. The highest BCUT2D eigenvalue weighted by Crippen LogP contribution is 2.36. The molecule has 0 saturated carbocycles. The van der Waals surface area contributed by atoms with E-state index in [-0.39, 0.29) is 12.0 Å². The molecule has 0 bridgehead atoms. The first-order chi connectivity index (χ1) is 12.1. The SMILES string of the molecule is CCCOC(COCCCCOc1c(Cl)cc(O)cc1Cl)OCCC. The molecule has 0 aromatic heterocycles. The number of aromatic hydroxyl groups is 1. The topological polar surface area (TPSA) is 57.2 Å². The van der Waals surface area contributed by atoms with Gasteiger partial charge in [0, 0.05) is 32.0 Å². The lowest BCUT2D eigenvalue weighted by Gasteiger charge is -2.18. The van der Waals surface area contributed by atoms with Crippen LogP contribution in [0.1, 0.15) is 39.5 Å². The molecule has 0 aliphatic heterocycles. The van der Waals surface area contributed by atoms with Crippen LogP contribution in [0.15, 0.2) is 12.1 Å². The summed E-state index contributed by atoms with van der Waals surface area (Å²) in [5.41, 5.74) is 0. The molecule has 0 saturated heterocycles. The lowest BCUT2D eigenvalue weighted by Crippen LogP contribution is -2.24. The van der Waals surface area contributed by atoms with Crippen LogP contribution in [0.4, 0.5) is 0 Å². The fourth-order valence-corrected chi connectivity index (χ4v) is 2.57. The molecule has 0 amide bonds. The Balaban J connectivity index is 2.17. The van der Waals surface area contributed by atoms with Gasteiger partial charge in [-0.25, -0.2) is 0 Å². The predicted octanol–water partition coefficient (Wildman–Crippen LogP) is 5.05. The molecule has 1 rings (SSSR count). The van der Waals surface area contributed by atoms with Crippen LogP contribution in [0.2, 0.25) is 10.0 Å². The lowest BCUT2D eigenvalue weighted by molar-refractivity contribution is -0.172. The molecule has 0 atom stereocenters. The Labute approximate surface area is 160 Å². The van der Waals surface area contributed by atoms with E-state index in [1.807, 2.05) is 0 Å². The van der Waals surface area contributed by atoms with Crippen LogP contribution in [0.5, 0.6) is 11.5 Å². The van der Waals surface area contributed by atoms with Gasteiger partial charge in [-0.05, 0) is 25.7 Å². The minimum absolute atomic E-state index is 0.0147. The lowest BCUT2D eigenvalue weighted by atomic mass is 10.3. The highest BCUT2D eigenvalue weighted by Gasteiger charge is 2.10. The van der Waals surface area contributed by atoms with E-state index in [9.17, 15) is 5.11 Å². The van der Waals surface area contributed by atoms with Crippen LogP contribution in [0.3, 0.4) is 0 Å². The molecule has 1 aromatic carbocycles. The number of benzene rings is 1. The van der Waals surface area contributed by atoms with E-state index in [0.29, 0.717) is 48.8 Å². The van der Waals surface area contributed by atoms with E-state index in [1.54, 1.807) is 0 Å². The number of unbranched alkanes of at least 4 members (excludes halogenated alkanes) is 1. The molecule has 0 spiro atoms. The van der Waals surface area contributed by atoms with Crippen LogP contribution in [0, 0.1) is 0 Å². The quantitative estimate of drug-likeness (QED) is 0.353. The number of phenols is 1. The molecule has 25 heavy (non-hydrogen) atoms. The Morgan fingerprint density at radius 3 is 2.04 bits per heavy atom. The molecule has 0 aliphatic carbocycles. The average Bonchev–Trinajstić information content (AvgIpc) is 2.57. The number of hydrogen-bond donors (Lipinski definition) is 1. The highest BCUT2D eigenvalue weighted by molar-refractivity contribution is 6.37. The first kappa shape index (κ1) is 22.3. The molecule has 0 unspecified atom stereocenters. The number of rotatable bonds is 14. The van der Waals surface area contributed by atoms with Crippen molar-refractivity contribution in [3.05, 3.63) is 22.2 Å². The summed E-state index contributed by atoms with van der Waals surface area (Å²) in [5, 5.41) is 9.97. The van der Waals surface area contributed by atoms with Crippen molar-refractivity contribution >= 4 is 23.2 Å². The third-order valence-corrected chi connectivity index (χ3v) is 3.74. The van der Waals surface area contributed by atoms with Crippen molar-refractivity contribution in [1.29, 1.82) is 0 Å². The van der Waals surface area contributed by atoms with Crippen molar-refractivity contribution < 1.29 is 24.1 Å². The van der Waals surface area contributed by atoms with Crippen molar-refractivity contribution in [2.75, 3.05) is 33.0 Å². The van der Waals surface area contributed by atoms with Crippen LogP contribution in [0.25, 0.3) is 0 Å². The maximum atomic E-state index is 9.38. The van der Waals surface area contributed by atoms with E-state index in [4.69, 9.17) is 42.1 Å². The number of halogens is 2. The molecule has 7 heteroatoms. The number of hydrogen-bond acceptors (Lipinski definition) is 5. The monoisotopic (exact) mass is 394 g/mol. The van der Waals surface area contributed by atoms with Crippen molar-refractivity contribution in [3.8, 4) is 11.5 Å². The van der Waals surface area contributed by atoms with Gasteiger partial charge in [0.05, 0.1) is 23.3 Å². The van der Waals surface area contributed by atoms with Gasteiger partial charge in [0.15, 0.2) is 12.0 Å². The maximum Gasteiger partial charge on any atom is 0.180 e. The Bertz CT molecular complexity index is 454. The Kier molecular flexibility index (Phi) is 12.0. The zero-order valence-electron chi connectivity index (χ0n) is 14.9. The Hall–Kier alpha value is -0.720. The van der Waals surface area contributed by atoms with Crippen LogP contribution in [-0.2, 0) is 14.2 Å². The summed E-state index contributed by atoms with van der Waals surface area (Å²) in [7, 11) is 0. The fourth-order valence-electron chi connectivity index (χ4n) is 1.99. The second-order valence-electron chi connectivity index (χ2n) is 5.54. The molecule has 144 valence electrons. The van der Waals surface area contributed by atoms with Crippen molar-refractivity contribution in [2.24, 2.45) is 0 Å². The molecular weight excluding hydrogens is 367 g/mol. The second kappa shape index (κ2) is 13.5. The summed E-state index contributed by atoms with van der Waals surface area (Å²) in [5.74, 6) is 0.406. The van der Waals surface area contributed by atoms with Gasteiger partial charge in [-0.15, -0.1) is 0 Å². The van der Waals surface area contributed by atoms with Crippen LogP contribution in [-0.4, -0.2) is 44.4 Å². The Morgan fingerprint density at radius 2 is 1.48 bits per heavy atom. The number of phenolic OH excluding ortho intramolecular Hbond substituents is 1. The minimum atomic E-state index is -0.300. The van der Waals surface area contributed by atoms with E-state index >= 15 is 0 Å². The summed E-state index contributed by atoms with van der Waals surface area (Å²) in [6, 6.07) is 2.80. The van der Waals surface area contributed by atoms with Gasteiger partial charge in [0.2, 0.25) is 0 Å². The summed E-state index contributed by atoms with van der Waals surface area (Å²) in [4.78, 5) is 0. The summed E-state index contributed by atoms with van der Waals surface area (Å²) >= 11 is 12.0. The van der Waals surface area contributed by atoms with Gasteiger partial charge in [0.1, 0.15) is 5.75 Å². The van der Waals surface area contributed by atoms with Gasteiger partial charge in [-0.3, -0.25) is 0 Å². The standard InChI is InChI=1S/C18H28Cl2O5/c1-3-7-23-17(24-8-4-2)13-22-9-5-6-10-25-18-15(19)11-14(21)12-16(18)20/h11-12,17,21H,3-10,13H2,1-2H3. The van der Waals surface area contributed by atoms with E-state index in [2.05, 4.69) is 13.8 Å². The van der Waals surface area contributed by atoms with Crippen molar-refractivity contribution in [3.63, 3.8) is 0 Å². The zero-order valence-corrected chi connectivity index (χ0v) is 16.4. The largest absolute Gasteiger partial charge is 0.508 e. The maximum absolute atomic E-state index is 9.38. The van der Waals surface area contributed by atoms with Gasteiger partial charge < -0.3 is 24.1 Å². The Morgan fingerprint density at radius 1 is 0.920 bits per heavy atom. The fraction of sp³-hybridized carbons (Fsp3) is 0.667. The first-order valence-electron chi connectivity index (χ1n) is 8.70. The summed E-state index contributed by atoms with van der Waals surface area (Å²) < 4.78 is 22.4. The molecule has 5 nitrogen and oxygen atoms in total. The second-order valence-corrected chi connectivity index (χ2v) is 6.35. The molecule has 1 aromatic rings. The third kappa shape index (κ3) is 9.52. The summed E-state index contributed by atoms with van der Waals surface area (Å²) in [6.07, 6.45) is 3.23. The van der Waals surface area contributed by atoms with Crippen molar-refractivity contribution in [1.82, 2.24) is 0 Å². The van der Waals surface area contributed by atoms with Gasteiger partial charge in [-0.1, -0.05) is 37.0 Å². The average molecular weight is 395 g/mol. The van der Waals surface area contributed by atoms with Crippen molar-refractivity contribution in [2.45, 2.75) is 45.8 Å². The van der Waals surface area contributed by atoms with E-state index in [1.165, 1.54) is 12.1 Å².